The number of hydrogen-bond acceptors (Lipinski definition) is 6. The van der Waals surface area contributed by atoms with Crippen molar-refractivity contribution in [1.29, 1.82) is 0 Å². The number of aromatic nitrogens is 2. The van der Waals surface area contributed by atoms with Crippen LogP contribution in [-0.4, -0.2) is 52.4 Å². The Morgan fingerprint density at radius 1 is 1.11 bits per heavy atom. The quantitative estimate of drug-likeness (QED) is 0.591. The summed E-state index contributed by atoms with van der Waals surface area (Å²) in [5.74, 6) is -0.240. The van der Waals surface area contributed by atoms with Crippen LogP contribution in [0.5, 0.6) is 5.75 Å². The van der Waals surface area contributed by atoms with Gasteiger partial charge in [0.1, 0.15) is 11.6 Å². The average Bonchev–Trinajstić information content (AvgIpc) is 3.26. The normalized spacial score (nSPS) is 15.5. The van der Waals surface area contributed by atoms with Gasteiger partial charge in [-0.05, 0) is 62.7 Å². The maximum Gasteiger partial charge on any atom is 0.419 e. The number of carbonyl (C=O) groups excluding carboxylic acids is 2. The molecule has 2 aromatic carbocycles. The fourth-order valence-corrected chi connectivity index (χ4v) is 4.01. The fraction of sp³-hybridized carbons (Fsp3) is 0.320. The van der Waals surface area contributed by atoms with E-state index in [-0.39, 0.29) is 12.3 Å². The van der Waals surface area contributed by atoms with Gasteiger partial charge in [0.15, 0.2) is 0 Å². The number of aliphatic hydroxyl groups is 1. The van der Waals surface area contributed by atoms with Crippen molar-refractivity contribution < 1.29 is 28.6 Å². The molecule has 0 spiro atoms. The lowest BCUT2D eigenvalue weighted by molar-refractivity contribution is 0.0577. The van der Waals surface area contributed by atoms with Crippen LogP contribution in [0.3, 0.4) is 0 Å². The first-order chi connectivity index (χ1) is 16.6. The summed E-state index contributed by atoms with van der Waals surface area (Å²) < 4.78 is 25.3. The molecule has 0 radical (unpaired) electrons. The Balaban J connectivity index is 1.71. The molecule has 3 aromatic rings. The smallest absolute Gasteiger partial charge is 0.419 e. The summed E-state index contributed by atoms with van der Waals surface area (Å²) in [6, 6.07) is 10.1. The highest BCUT2D eigenvalue weighted by molar-refractivity contribution is 6.02. The SMILES string of the molecule is COC(=O)N1c2ccc(-c3cnn(CC(C)(C)O)c3)cc2N(C(=O)Oc2ccc(F)cc2)CC1C. The van der Waals surface area contributed by atoms with Crippen LogP contribution in [0.1, 0.15) is 20.8 Å². The third-order valence-corrected chi connectivity index (χ3v) is 5.54. The molecule has 184 valence electrons. The summed E-state index contributed by atoms with van der Waals surface area (Å²) in [6.07, 6.45) is 2.25. The zero-order chi connectivity index (χ0) is 25.3. The number of carbonyl (C=O) groups is 2. The van der Waals surface area contributed by atoms with E-state index in [0.717, 1.165) is 11.1 Å². The number of amides is 2. The highest BCUT2D eigenvalue weighted by Crippen LogP contribution is 2.39. The zero-order valence-electron chi connectivity index (χ0n) is 19.9. The van der Waals surface area contributed by atoms with Gasteiger partial charge >= 0.3 is 12.2 Å². The number of ether oxygens (including phenoxy) is 2. The van der Waals surface area contributed by atoms with Gasteiger partial charge in [-0.2, -0.15) is 5.10 Å². The first kappa shape index (κ1) is 24.2. The van der Waals surface area contributed by atoms with E-state index in [2.05, 4.69) is 5.10 Å². The van der Waals surface area contributed by atoms with Gasteiger partial charge < -0.3 is 14.6 Å². The van der Waals surface area contributed by atoms with Crippen LogP contribution in [0.25, 0.3) is 11.1 Å². The van der Waals surface area contributed by atoms with Gasteiger partial charge in [-0.1, -0.05) is 6.07 Å². The van der Waals surface area contributed by atoms with E-state index in [9.17, 15) is 19.1 Å². The van der Waals surface area contributed by atoms with E-state index >= 15 is 0 Å². The van der Waals surface area contributed by atoms with Crippen molar-refractivity contribution in [2.75, 3.05) is 23.5 Å². The van der Waals surface area contributed by atoms with Gasteiger partial charge in [0.05, 0.1) is 49.4 Å². The number of methoxy groups -OCH3 is 1. The molecule has 10 heteroatoms. The van der Waals surface area contributed by atoms with Crippen LogP contribution >= 0.6 is 0 Å². The molecule has 1 aliphatic rings. The predicted molar refractivity (Wildman–Crippen MR) is 128 cm³/mol. The molecule has 4 rings (SSSR count). The Hall–Kier alpha value is -3.92. The molecule has 1 aliphatic heterocycles. The third-order valence-electron chi connectivity index (χ3n) is 5.54. The molecule has 1 unspecified atom stereocenters. The first-order valence-electron chi connectivity index (χ1n) is 11.1. The molecule has 0 saturated heterocycles. The minimum atomic E-state index is -0.933. The first-order valence-corrected chi connectivity index (χ1v) is 11.1. The van der Waals surface area contributed by atoms with E-state index in [0.29, 0.717) is 17.9 Å². The van der Waals surface area contributed by atoms with Crippen molar-refractivity contribution in [3.8, 4) is 16.9 Å². The molecular weight excluding hydrogens is 455 g/mol. The zero-order valence-corrected chi connectivity index (χ0v) is 19.9. The number of rotatable bonds is 4. The van der Waals surface area contributed by atoms with Crippen LogP contribution in [0.2, 0.25) is 0 Å². The largest absolute Gasteiger partial charge is 0.452 e. The van der Waals surface area contributed by atoms with Gasteiger partial charge in [0.2, 0.25) is 0 Å². The minimum absolute atomic E-state index is 0.156. The molecule has 1 atom stereocenters. The van der Waals surface area contributed by atoms with Crippen molar-refractivity contribution in [2.24, 2.45) is 0 Å². The third kappa shape index (κ3) is 5.27. The molecule has 35 heavy (non-hydrogen) atoms. The Kier molecular flexibility index (Phi) is 6.49. The number of hydrogen-bond donors (Lipinski definition) is 1. The maximum atomic E-state index is 13.3. The van der Waals surface area contributed by atoms with Crippen molar-refractivity contribution in [1.82, 2.24) is 9.78 Å². The monoisotopic (exact) mass is 482 g/mol. The van der Waals surface area contributed by atoms with E-state index in [1.165, 1.54) is 41.2 Å². The van der Waals surface area contributed by atoms with Crippen LogP contribution in [0.4, 0.5) is 25.4 Å². The Morgan fingerprint density at radius 2 is 1.83 bits per heavy atom. The number of halogens is 1. The van der Waals surface area contributed by atoms with Gasteiger partial charge in [-0.15, -0.1) is 0 Å². The lowest BCUT2D eigenvalue weighted by atomic mass is 10.0. The van der Waals surface area contributed by atoms with E-state index in [1.54, 1.807) is 50.0 Å². The second kappa shape index (κ2) is 9.38. The Labute approximate surface area is 202 Å². The molecule has 1 aromatic heterocycles. The predicted octanol–water partition coefficient (Wildman–Crippen LogP) is 4.44. The molecule has 0 fully saturated rings. The van der Waals surface area contributed by atoms with Crippen LogP contribution in [-0.2, 0) is 11.3 Å². The van der Waals surface area contributed by atoms with Crippen molar-refractivity contribution >= 4 is 23.6 Å². The van der Waals surface area contributed by atoms with E-state index in [1.807, 2.05) is 6.07 Å². The van der Waals surface area contributed by atoms with E-state index < -0.39 is 29.6 Å². The van der Waals surface area contributed by atoms with Gasteiger partial charge in [-0.3, -0.25) is 14.5 Å². The molecular formula is C25H27FN4O5. The van der Waals surface area contributed by atoms with Crippen LogP contribution < -0.4 is 14.5 Å². The van der Waals surface area contributed by atoms with Crippen LogP contribution in [0, 0.1) is 5.82 Å². The minimum Gasteiger partial charge on any atom is -0.452 e. The fourth-order valence-electron chi connectivity index (χ4n) is 4.01. The Morgan fingerprint density at radius 3 is 2.49 bits per heavy atom. The molecule has 9 nitrogen and oxygen atoms in total. The summed E-state index contributed by atoms with van der Waals surface area (Å²) in [5.41, 5.74) is 1.53. The molecule has 0 bridgehead atoms. The summed E-state index contributed by atoms with van der Waals surface area (Å²) in [7, 11) is 1.30. The molecule has 1 N–H and O–H groups in total. The number of benzene rings is 2. The van der Waals surface area contributed by atoms with Gasteiger partial charge in [0.25, 0.3) is 0 Å². The van der Waals surface area contributed by atoms with E-state index in [4.69, 9.17) is 9.47 Å². The number of fused-ring (bicyclic) bond motifs is 1. The van der Waals surface area contributed by atoms with Gasteiger partial charge in [-0.25, -0.2) is 14.0 Å². The topological polar surface area (TPSA) is 97.1 Å². The molecule has 0 aliphatic carbocycles. The lowest BCUT2D eigenvalue weighted by Gasteiger charge is -2.39. The van der Waals surface area contributed by atoms with Crippen molar-refractivity contribution in [2.45, 2.75) is 39.0 Å². The summed E-state index contributed by atoms with van der Waals surface area (Å²) in [5, 5.41) is 14.4. The summed E-state index contributed by atoms with van der Waals surface area (Å²) in [6.45, 7) is 5.65. The van der Waals surface area contributed by atoms with Crippen LogP contribution in [0.15, 0.2) is 54.9 Å². The second-order valence-electron chi connectivity index (χ2n) is 9.06. The lowest BCUT2D eigenvalue weighted by Crippen LogP contribution is -2.52. The highest BCUT2D eigenvalue weighted by atomic mass is 19.1. The standard InChI is InChI=1S/C25H27FN4O5/c1-16-13-29(23(31)35-20-8-6-19(26)7-9-20)22-11-17(5-10-21(22)30(16)24(32)34-4)18-12-27-28(14-18)15-25(2,3)33/h5-12,14,16,33H,13,15H2,1-4H3. The Bertz CT molecular complexity index is 1240. The van der Waals surface area contributed by atoms with Crippen molar-refractivity contribution in [3.63, 3.8) is 0 Å². The molecule has 2 amide bonds. The highest BCUT2D eigenvalue weighted by Gasteiger charge is 2.36. The van der Waals surface area contributed by atoms with Crippen molar-refractivity contribution in [3.05, 3.63) is 60.7 Å². The average molecular weight is 483 g/mol. The maximum absolute atomic E-state index is 13.3. The number of nitrogens with zero attached hydrogens (tertiary/aromatic N) is 4. The summed E-state index contributed by atoms with van der Waals surface area (Å²) >= 11 is 0. The molecule has 2 heterocycles. The summed E-state index contributed by atoms with van der Waals surface area (Å²) in [4.78, 5) is 28.6. The number of anilines is 2. The van der Waals surface area contributed by atoms with Gasteiger partial charge in [0, 0.05) is 11.8 Å². The molecule has 0 saturated carbocycles. The second-order valence-corrected chi connectivity index (χ2v) is 9.06.